The Kier molecular flexibility index (Phi) is 5.96. The second-order valence-electron chi connectivity index (χ2n) is 7.70. The molecule has 1 atom stereocenters. The van der Waals surface area contributed by atoms with Crippen molar-refractivity contribution in [2.45, 2.75) is 38.7 Å². The van der Waals surface area contributed by atoms with Gasteiger partial charge in [0.2, 0.25) is 5.88 Å². The first-order chi connectivity index (χ1) is 15.6. The Morgan fingerprint density at radius 2 is 1.97 bits per heavy atom. The van der Waals surface area contributed by atoms with Crippen molar-refractivity contribution in [3.8, 4) is 17.4 Å². The maximum atomic E-state index is 14.5. The van der Waals surface area contributed by atoms with Gasteiger partial charge in [0, 0.05) is 31.9 Å². The monoisotopic (exact) mass is 464 g/mol. The average Bonchev–Trinajstić information content (AvgIpc) is 2.76. The fraction of sp³-hybridized carbons (Fsp3) is 0.318. The van der Waals surface area contributed by atoms with Crippen molar-refractivity contribution in [2.24, 2.45) is 0 Å². The molecule has 1 aliphatic heterocycles. The molecule has 0 saturated carbocycles. The first-order valence-corrected chi connectivity index (χ1v) is 10.1. The third-order valence-electron chi connectivity index (χ3n) is 5.41. The number of hydrogen-bond acceptors (Lipinski definition) is 6. The summed E-state index contributed by atoms with van der Waals surface area (Å²) >= 11 is 0. The summed E-state index contributed by atoms with van der Waals surface area (Å²) in [5.41, 5.74) is -1.01. The number of halogens is 4. The van der Waals surface area contributed by atoms with E-state index in [0.29, 0.717) is 24.1 Å². The highest BCUT2D eigenvalue weighted by Crippen LogP contribution is 2.32. The molecule has 1 aromatic carbocycles. The minimum atomic E-state index is -4.59. The Balaban J connectivity index is 1.47. The van der Waals surface area contributed by atoms with E-state index in [2.05, 4.69) is 16.9 Å². The number of hydrogen-bond donors (Lipinski definition) is 0. The first kappa shape index (κ1) is 22.6. The van der Waals surface area contributed by atoms with Crippen molar-refractivity contribution in [3.05, 3.63) is 70.2 Å². The standard InChI is InChI=1S/C22H20F4N4O3/c1-13-5-6-30-20(29(13)2)9-19(28-21(30)31)32-12-14-3-4-18(17(23)7-14)33-16-8-15(10-27-11-16)22(24,25)26/h3-4,7-11,13H,5-6,12H2,1-2H3/t13-/m1/s1. The lowest BCUT2D eigenvalue weighted by atomic mass is 10.1. The van der Waals surface area contributed by atoms with Gasteiger partial charge < -0.3 is 14.4 Å². The van der Waals surface area contributed by atoms with Gasteiger partial charge in [-0.15, -0.1) is 0 Å². The largest absolute Gasteiger partial charge is 0.473 e. The Morgan fingerprint density at radius 1 is 1.18 bits per heavy atom. The smallest absolute Gasteiger partial charge is 0.418 e. The van der Waals surface area contributed by atoms with Crippen LogP contribution in [0, 0.1) is 5.82 Å². The van der Waals surface area contributed by atoms with E-state index in [9.17, 15) is 22.4 Å². The van der Waals surface area contributed by atoms with Crippen molar-refractivity contribution >= 4 is 5.82 Å². The molecule has 174 valence electrons. The van der Waals surface area contributed by atoms with E-state index in [1.54, 1.807) is 10.6 Å². The third kappa shape index (κ3) is 4.91. The third-order valence-corrected chi connectivity index (χ3v) is 5.41. The van der Waals surface area contributed by atoms with Gasteiger partial charge in [0.1, 0.15) is 18.2 Å². The second-order valence-corrected chi connectivity index (χ2v) is 7.70. The first-order valence-electron chi connectivity index (χ1n) is 10.1. The highest BCUT2D eigenvalue weighted by Gasteiger charge is 2.31. The van der Waals surface area contributed by atoms with Crippen LogP contribution < -0.4 is 20.1 Å². The van der Waals surface area contributed by atoms with Gasteiger partial charge in [-0.05, 0) is 37.1 Å². The topological polar surface area (TPSA) is 69.5 Å². The Hall–Kier alpha value is -3.63. The van der Waals surface area contributed by atoms with E-state index in [-0.39, 0.29) is 30.0 Å². The maximum absolute atomic E-state index is 14.5. The molecule has 33 heavy (non-hydrogen) atoms. The predicted octanol–water partition coefficient (Wildman–Crippen LogP) is 4.40. The Labute approximate surface area is 186 Å². The molecule has 3 heterocycles. The van der Waals surface area contributed by atoms with E-state index >= 15 is 0 Å². The lowest BCUT2D eigenvalue weighted by molar-refractivity contribution is -0.137. The molecule has 2 aromatic heterocycles. The van der Waals surface area contributed by atoms with E-state index < -0.39 is 23.2 Å². The van der Waals surface area contributed by atoms with Gasteiger partial charge in [-0.1, -0.05) is 6.07 Å². The van der Waals surface area contributed by atoms with Gasteiger partial charge in [-0.25, -0.2) is 9.18 Å². The molecule has 0 unspecified atom stereocenters. The molecular formula is C22H20F4N4O3. The van der Waals surface area contributed by atoms with Crippen LogP contribution in [0.5, 0.6) is 17.4 Å². The molecular weight excluding hydrogens is 444 g/mol. The Bertz CT molecular complexity index is 1230. The number of nitrogens with zero attached hydrogens (tertiary/aromatic N) is 4. The number of fused-ring (bicyclic) bond motifs is 1. The van der Waals surface area contributed by atoms with Crippen LogP contribution in [0.25, 0.3) is 0 Å². The molecule has 0 amide bonds. The molecule has 3 aromatic rings. The highest BCUT2D eigenvalue weighted by atomic mass is 19.4. The fourth-order valence-electron chi connectivity index (χ4n) is 3.42. The maximum Gasteiger partial charge on any atom is 0.418 e. The number of anilines is 1. The molecule has 0 bridgehead atoms. The van der Waals surface area contributed by atoms with Crippen LogP contribution in [0.2, 0.25) is 0 Å². The second kappa shape index (κ2) is 8.72. The quantitative estimate of drug-likeness (QED) is 0.522. The number of alkyl halides is 3. The summed E-state index contributed by atoms with van der Waals surface area (Å²) in [6.07, 6.45) is -2.05. The van der Waals surface area contributed by atoms with Crippen LogP contribution in [0.3, 0.4) is 0 Å². The van der Waals surface area contributed by atoms with Crippen LogP contribution >= 0.6 is 0 Å². The molecule has 0 fully saturated rings. The van der Waals surface area contributed by atoms with Gasteiger partial charge in [0.25, 0.3) is 0 Å². The van der Waals surface area contributed by atoms with Crippen molar-refractivity contribution in [2.75, 3.05) is 11.9 Å². The fourth-order valence-corrected chi connectivity index (χ4v) is 3.42. The van der Waals surface area contributed by atoms with Gasteiger partial charge in [0.05, 0.1) is 11.8 Å². The zero-order valence-electron chi connectivity index (χ0n) is 17.8. The van der Waals surface area contributed by atoms with Crippen LogP contribution in [0.4, 0.5) is 23.4 Å². The summed E-state index contributed by atoms with van der Waals surface area (Å²) in [5, 5.41) is 0. The van der Waals surface area contributed by atoms with E-state index in [0.717, 1.165) is 24.8 Å². The van der Waals surface area contributed by atoms with Crippen LogP contribution in [-0.2, 0) is 19.3 Å². The van der Waals surface area contributed by atoms with Crippen LogP contribution in [0.15, 0.2) is 47.5 Å². The van der Waals surface area contributed by atoms with Crippen LogP contribution in [0.1, 0.15) is 24.5 Å². The predicted molar refractivity (Wildman–Crippen MR) is 111 cm³/mol. The molecule has 0 spiro atoms. The molecule has 1 aliphatic rings. The normalized spacial score (nSPS) is 15.8. The highest BCUT2D eigenvalue weighted by molar-refractivity contribution is 5.44. The lowest BCUT2D eigenvalue weighted by Crippen LogP contribution is -2.41. The minimum absolute atomic E-state index is 0.0719. The summed E-state index contributed by atoms with van der Waals surface area (Å²) in [7, 11) is 1.88. The summed E-state index contributed by atoms with van der Waals surface area (Å²) in [4.78, 5) is 21.7. The molecule has 11 heteroatoms. The van der Waals surface area contributed by atoms with Crippen molar-refractivity contribution in [1.29, 1.82) is 0 Å². The number of rotatable bonds is 5. The van der Waals surface area contributed by atoms with E-state index in [1.807, 2.05) is 11.9 Å². The number of benzene rings is 1. The zero-order valence-corrected chi connectivity index (χ0v) is 17.8. The zero-order chi connectivity index (χ0) is 23.8. The van der Waals surface area contributed by atoms with Crippen LogP contribution in [-0.4, -0.2) is 27.6 Å². The average molecular weight is 464 g/mol. The van der Waals surface area contributed by atoms with E-state index in [1.165, 1.54) is 12.1 Å². The number of aromatic nitrogens is 3. The number of pyridine rings is 1. The number of ether oxygens (including phenoxy) is 2. The van der Waals surface area contributed by atoms with Gasteiger partial charge in [-0.3, -0.25) is 9.55 Å². The molecule has 4 rings (SSSR count). The van der Waals surface area contributed by atoms with Gasteiger partial charge in [0.15, 0.2) is 11.6 Å². The summed E-state index contributed by atoms with van der Waals surface area (Å²) in [5.74, 6) is -0.498. The lowest BCUT2D eigenvalue weighted by Gasteiger charge is -2.34. The van der Waals surface area contributed by atoms with E-state index in [4.69, 9.17) is 9.47 Å². The molecule has 0 aliphatic carbocycles. The molecule has 0 N–H and O–H groups in total. The van der Waals surface area contributed by atoms with Crippen molar-refractivity contribution < 1.29 is 27.0 Å². The van der Waals surface area contributed by atoms with Crippen molar-refractivity contribution in [3.63, 3.8) is 0 Å². The molecule has 7 nitrogen and oxygen atoms in total. The SMILES string of the molecule is C[C@@H]1CCn2c(cc(OCc3ccc(Oc4cncc(C(F)(F)F)c4)c(F)c3)nc2=O)N1C. The molecule has 0 radical (unpaired) electrons. The van der Waals surface area contributed by atoms with Crippen molar-refractivity contribution in [1.82, 2.24) is 14.5 Å². The van der Waals surface area contributed by atoms with Gasteiger partial charge in [-0.2, -0.15) is 18.2 Å². The minimum Gasteiger partial charge on any atom is -0.473 e. The summed E-state index contributed by atoms with van der Waals surface area (Å²) < 4.78 is 65.3. The summed E-state index contributed by atoms with van der Waals surface area (Å²) in [6.45, 7) is 2.55. The molecule has 0 saturated heterocycles. The van der Waals surface area contributed by atoms with Gasteiger partial charge >= 0.3 is 11.9 Å². The Morgan fingerprint density at radius 3 is 2.70 bits per heavy atom. The summed E-state index contributed by atoms with van der Waals surface area (Å²) in [6, 6.07) is 6.56.